The summed E-state index contributed by atoms with van der Waals surface area (Å²) in [6.45, 7) is 7.34. The van der Waals surface area contributed by atoms with Crippen LogP contribution in [0.4, 0.5) is 0 Å². The van der Waals surface area contributed by atoms with Gasteiger partial charge in [-0.2, -0.15) is 0 Å². The average Bonchev–Trinajstić information content (AvgIpc) is 2.78. The molecule has 2 unspecified atom stereocenters. The Morgan fingerprint density at radius 3 is 2.95 bits per heavy atom. The van der Waals surface area contributed by atoms with Crippen LogP contribution < -0.4 is 0 Å². The number of fused-ring (bicyclic) bond motifs is 1. The second kappa shape index (κ2) is 6.50. The van der Waals surface area contributed by atoms with Crippen molar-refractivity contribution in [1.29, 1.82) is 0 Å². The Labute approximate surface area is 127 Å². The van der Waals surface area contributed by atoms with E-state index in [9.17, 15) is 0 Å². The SMILES string of the molecule is CCC1CN(C)CCCN1CC1CSc2ccccc21. The summed E-state index contributed by atoms with van der Waals surface area (Å²) in [6.07, 6.45) is 2.58. The third-order valence-corrected chi connectivity index (χ3v) is 6.00. The van der Waals surface area contributed by atoms with Crippen molar-refractivity contribution in [2.45, 2.75) is 36.6 Å². The Kier molecular flexibility index (Phi) is 4.69. The smallest absolute Gasteiger partial charge is 0.0220 e. The topological polar surface area (TPSA) is 6.48 Å². The molecule has 0 N–H and O–H groups in total. The second-order valence-electron chi connectivity index (χ2n) is 6.22. The van der Waals surface area contributed by atoms with E-state index >= 15 is 0 Å². The molecule has 0 aliphatic carbocycles. The van der Waals surface area contributed by atoms with Gasteiger partial charge in [-0.3, -0.25) is 4.90 Å². The van der Waals surface area contributed by atoms with Crippen LogP contribution in [0.1, 0.15) is 31.2 Å². The molecule has 0 aromatic heterocycles. The van der Waals surface area contributed by atoms with Gasteiger partial charge in [0, 0.05) is 35.7 Å². The van der Waals surface area contributed by atoms with Crippen LogP contribution in [0.25, 0.3) is 0 Å². The van der Waals surface area contributed by atoms with E-state index in [-0.39, 0.29) is 0 Å². The van der Waals surface area contributed by atoms with E-state index in [4.69, 9.17) is 0 Å². The molecule has 110 valence electrons. The number of likely N-dealkylation sites (N-methyl/N-ethyl adjacent to an activating group) is 1. The number of hydrogen-bond donors (Lipinski definition) is 0. The molecule has 0 spiro atoms. The molecule has 0 saturated carbocycles. The second-order valence-corrected chi connectivity index (χ2v) is 7.28. The molecule has 2 aliphatic heterocycles. The number of thioether (sulfide) groups is 1. The lowest BCUT2D eigenvalue weighted by molar-refractivity contribution is 0.176. The molecule has 1 aromatic rings. The molecule has 0 radical (unpaired) electrons. The Balaban J connectivity index is 1.70. The van der Waals surface area contributed by atoms with E-state index < -0.39 is 0 Å². The summed E-state index contributed by atoms with van der Waals surface area (Å²) in [5.41, 5.74) is 1.59. The minimum Gasteiger partial charge on any atom is -0.305 e. The van der Waals surface area contributed by atoms with E-state index in [1.54, 1.807) is 5.56 Å². The fourth-order valence-corrected chi connectivity index (χ4v) is 4.83. The fourth-order valence-electron chi connectivity index (χ4n) is 3.58. The fraction of sp³-hybridized carbons (Fsp3) is 0.647. The summed E-state index contributed by atoms with van der Waals surface area (Å²) in [5.74, 6) is 2.00. The van der Waals surface area contributed by atoms with Crippen LogP contribution in [0.5, 0.6) is 0 Å². The van der Waals surface area contributed by atoms with E-state index in [2.05, 4.69) is 48.0 Å². The van der Waals surface area contributed by atoms with E-state index in [1.165, 1.54) is 49.7 Å². The molecular formula is C17H26N2S. The highest BCUT2D eigenvalue weighted by Gasteiger charge is 2.28. The standard InChI is InChI=1S/C17H26N2S/c1-3-15-12-18(2)9-6-10-19(15)11-14-13-20-17-8-5-4-7-16(14)17/h4-5,7-8,14-15H,3,6,9-13H2,1-2H3. The van der Waals surface area contributed by atoms with E-state index in [0.717, 1.165) is 12.0 Å². The van der Waals surface area contributed by atoms with Crippen molar-refractivity contribution >= 4 is 11.8 Å². The molecule has 3 heteroatoms. The number of nitrogens with zero attached hydrogens (tertiary/aromatic N) is 2. The van der Waals surface area contributed by atoms with Crippen LogP contribution in [-0.2, 0) is 0 Å². The quantitative estimate of drug-likeness (QED) is 0.843. The molecule has 2 nitrogen and oxygen atoms in total. The Bertz CT molecular complexity index is 448. The van der Waals surface area contributed by atoms with Crippen LogP contribution >= 0.6 is 11.8 Å². The zero-order valence-electron chi connectivity index (χ0n) is 12.7. The summed E-state index contributed by atoms with van der Waals surface area (Å²) in [7, 11) is 2.27. The highest BCUT2D eigenvalue weighted by atomic mass is 32.2. The predicted octanol–water partition coefficient (Wildman–Crippen LogP) is 3.29. The van der Waals surface area contributed by atoms with Crippen LogP contribution in [0, 0.1) is 0 Å². The van der Waals surface area contributed by atoms with Crippen molar-refractivity contribution in [2.75, 3.05) is 39.0 Å². The Morgan fingerprint density at radius 2 is 2.10 bits per heavy atom. The lowest BCUT2D eigenvalue weighted by Crippen LogP contribution is -2.41. The molecule has 1 fully saturated rings. The first-order chi connectivity index (χ1) is 9.78. The van der Waals surface area contributed by atoms with Gasteiger partial charge in [-0.15, -0.1) is 11.8 Å². The maximum Gasteiger partial charge on any atom is 0.0220 e. The molecule has 1 saturated heterocycles. The minimum atomic E-state index is 0.730. The van der Waals surface area contributed by atoms with E-state index in [1.807, 2.05) is 11.8 Å². The molecule has 2 atom stereocenters. The van der Waals surface area contributed by atoms with Crippen LogP contribution in [0.2, 0.25) is 0 Å². The van der Waals surface area contributed by atoms with Gasteiger partial charge >= 0.3 is 0 Å². The Hall–Kier alpha value is -0.510. The van der Waals surface area contributed by atoms with Crippen molar-refractivity contribution in [3.8, 4) is 0 Å². The van der Waals surface area contributed by atoms with Crippen molar-refractivity contribution in [1.82, 2.24) is 9.80 Å². The van der Waals surface area contributed by atoms with Crippen LogP contribution in [0.3, 0.4) is 0 Å². The van der Waals surface area contributed by atoms with E-state index in [0.29, 0.717) is 0 Å². The molecule has 0 amide bonds. The summed E-state index contributed by atoms with van der Waals surface area (Å²) in [4.78, 5) is 6.78. The van der Waals surface area contributed by atoms with Gasteiger partial charge < -0.3 is 4.90 Å². The van der Waals surface area contributed by atoms with Crippen LogP contribution in [-0.4, -0.2) is 54.8 Å². The summed E-state index contributed by atoms with van der Waals surface area (Å²) in [5, 5.41) is 0. The summed E-state index contributed by atoms with van der Waals surface area (Å²) < 4.78 is 0. The lowest BCUT2D eigenvalue weighted by atomic mass is 9.99. The van der Waals surface area contributed by atoms with Crippen molar-refractivity contribution in [3.63, 3.8) is 0 Å². The lowest BCUT2D eigenvalue weighted by Gasteiger charge is -2.32. The van der Waals surface area contributed by atoms with Gasteiger partial charge in [-0.25, -0.2) is 0 Å². The zero-order valence-corrected chi connectivity index (χ0v) is 13.5. The zero-order chi connectivity index (χ0) is 13.9. The van der Waals surface area contributed by atoms with Crippen molar-refractivity contribution in [3.05, 3.63) is 29.8 Å². The highest BCUT2D eigenvalue weighted by molar-refractivity contribution is 7.99. The van der Waals surface area contributed by atoms with Gasteiger partial charge in [-0.1, -0.05) is 25.1 Å². The van der Waals surface area contributed by atoms with Crippen molar-refractivity contribution in [2.24, 2.45) is 0 Å². The predicted molar refractivity (Wildman–Crippen MR) is 87.7 cm³/mol. The number of benzene rings is 1. The van der Waals surface area contributed by atoms with Crippen molar-refractivity contribution < 1.29 is 0 Å². The van der Waals surface area contributed by atoms with Gasteiger partial charge in [0.05, 0.1) is 0 Å². The number of hydrogen-bond acceptors (Lipinski definition) is 3. The van der Waals surface area contributed by atoms with Crippen LogP contribution in [0.15, 0.2) is 29.2 Å². The maximum absolute atomic E-state index is 2.76. The third-order valence-electron chi connectivity index (χ3n) is 4.75. The molecule has 3 rings (SSSR count). The molecular weight excluding hydrogens is 264 g/mol. The number of rotatable bonds is 3. The van der Waals surface area contributed by atoms with Gasteiger partial charge in [-0.05, 0) is 44.6 Å². The summed E-state index contributed by atoms with van der Waals surface area (Å²) in [6, 6.07) is 9.73. The molecule has 20 heavy (non-hydrogen) atoms. The molecule has 2 heterocycles. The first-order valence-corrected chi connectivity index (χ1v) is 8.90. The van der Waals surface area contributed by atoms with Gasteiger partial charge in [0.2, 0.25) is 0 Å². The molecule has 0 bridgehead atoms. The Morgan fingerprint density at radius 1 is 1.25 bits per heavy atom. The highest BCUT2D eigenvalue weighted by Crippen LogP contribution is 2.40. The largest absolute Gasteiger partial charge is 0.305 e. The normalized spacial score (nSPS) is 28.3. The first-order valence-electron chi connectivity index (χ1n) is 7.92. The first kappa shape index (κ1) is 14.4. The average molecular weight is 290 g/mol. The molecule has 2 aliphatic rings. The monoisotopic (exact) mass is 290 g/mol. The maximum atomic E-state index is 2.76. The minimum absolute atomic E-state index is 0.730. The van der Waals surface area contributed by atoms with Gasteiger partial charge in [0.1, 0.15) is 0 Å². The van der Waals surface area contributed by atoms with Gasteiger partial charge in [0.25, 0.3) is 0 Å². The molecule has 1 aromatic carbocycles. The summed E-state index contributed by atoms with van der Waals surface area (Å²) >= 11 is 2.04. The third kappa shape index (κ3) is 3.05. The van der Waals surface area contributed by atoms with Gasteiger partial charge in [0.15, 0.2) is 0 Å².